The van der Waals surface area contributed by atoms with Crippen molar-refractivity contribution in [2.45, 2.75) is 38.9 Å². The summed E-state index contributed by atoms with van der Waals surface area (Å²) in [6.45, 7) is 5.17. The Bertz CT molecular complexity index is 946. The molecule has 0 amide bonds. The minimum Gasteiger partial charge on any atom is -0.497 e. The molecule has 0 saturated heterocycles. The monoisotopic (exact) mass is 390 g/mol. The number of benzene rings is 2. The van der Waals surface area contributed by atoms with Crippen LogP contribution in [0.15, 0.2) is 60.8 Å². The molecular formula is C25H30N2O2. The lowest BCUT2D eigenvalue weighted by molar-refractivity contribution is 0.216. The standard InChI is InChI=1S/C25H30N2O2/c1-4-19-8-10-20(11-9-19)18-27-16-6-15-26-14-5-7-23(26)25(27)22-17-21(28-2)12-13-24(22)29-3/h5,7-14,17,25H,4,6,15-16,18H2,1-3H3. The van der Waals surface area contributed by atoms with Crippen molar-refractivity contribution in [3.8, 4) is 11.5 Å². The van der Waals surface area contributed by atoms with E-state index in [0.29, 0.717) is 0 Å². The number of rotatable bonds is 6. The molecule has 1 atom stereocenters. The number of hydrogen-bond acceptors (Lipinski definition) is 3. The van der Waals surface area contributed by atoms with E-state index in [9.17, 15) is 0 Å². The van der Waals surface area contributed by atoms with Gasteiger partial charge in [-0.3, -0.25) is 4.90 Å². The summed E-state index contributed by atoms with van der Waals surface area (Å²) in [5.74, 6) is 1.76. The van der Waals surface area contributed by atoms with Crippen molar-refractivity contribution in [3.63, 3.8) is 0 Å². The van der Waals surface area contributed by atoms with Gasteiger partial charge in [-0.05, 0) is 54.3 Å². The van der Waals surface area contributed by atoms with Crippen LogP contribution >= 0.6 is 0 Å². The van der Waals surface area contributed by atoms with E-state index >= 15 is 0 Å². The molecule has 1 aromatic heterocycles. The normalized spacial score (nSPS) is 16.9. The van der Waals surface area contributed by atoms with Crippen molar-refractivity contribution in [2.75, 3.05) is 20.8 Å². The molecule has 0 fully saturated rings. The molecule has 0 saturated carbocycles. The van der Waals surface area contributed by atoms with Crippen molar-refractivity contribution in [3.05, 3.63) is 83.2 Å². The first-order valence-electron chi connectivity index (χ1n) is 10.4. The number of aromatic nitrogens is 1. The molecule has 0 spiro atoms. The van der Waals surface area contributed by atoms with Gasteiger partial charge in [0, 0.05) is 37.1 Å². The quantitative estimate of drug-likeness (QED) is 0.588. The first kappa shape index (κ1) is 19.6. The zero-order chi connectivity index (χ0) is 20.2. The van der Waals surface area contributed by atoms with Gasteiger partial charge in [-0.15, -0.1) is 0 Å². The summed E-state index contributed by atoms with van der Waals surface area (Å²) in [6.07, 6.45) is 4.38. The lowest BCUT2D eigenvalue weighted by Gasteiger charge is -2.32. The van der Waals surface area contributed by atoms with E-state index < -0.39 is 0 Å². The van der Waals surface area contributed by atoms with Crippen LogP contribution in [-0.4, -0.2) is 30.2 Å². The first-order chi connectivity index (χ1) is 14.2. The zero-order valence-electron chi connectivity index (χ0n) is 17.6. The Morgan fingerprint density at radius 1 is 0.931 bits per heavy atom. The van der Waals surface area contributed by atoms with Crippen LogP contribution in [0.5, 0.6) is 11.5 Å². The highest BCUT2D eigenvalue weighted by atomic mass is 16.5. The molecule has 29 heavy (non-hydrogen) atoms. The van der Waals surface area contributed by atoms with E-state index in [1.165, 1.54) is 16.8 Å². The first-order valence-corrected chi connectivity index (χ1v) is 10.4. The molecule has 4 rings (SSSR count). The third kappa shape index (κ3) is 4.03. The lowest BCUT2D eigenvalue weighted by atomic mass is 9.99. The van der Waals surface area contributed by atoms with E-state index in [2.05, 4.69) is 65.1 Å². The average Bonchev–Trinajstić information content (AvgIpc) is 3.15. The van der Waals surface area contributed by atoms with Crippen molar-refractivity contribution in [2.24, 2.45) is 0 Å². The number of hydrogen-bond donors (Lipinski definition) is 0. The molecule has 2 aromatic carbocycles. The number of nitrogens with zero attached hydrogens (tertiary/aromatic N) is 2. The number of methoxy groups -OCH3 is 2. The van der Waals surface area contributed by atoms with Crippen LogP contribution in [0.1, 0.15) is 41.8 Å². The maximum atomic E-state index is 5.77. The molecule has 1 aliphatic rings. The van der Waals surface area contributed by atoms with Crippen LogP contribution in [-0.2, 0) is 19.5 Å². The molecular weight excluding hydrogens is 360 g/mol. The van der Waals surface area contributed by atoms with Gasteiger partial charge in [0.15, 0.2) is 0 Å². The molecule has 152 valence electrons. The van der Waals surface area contributed by atoms with E-state index in [4.69, 9.17) is 9.47 Å². The minimum absolute atomic E-state index is 0.114. The second-order valence-electron chi connectivity index (χ2n) is 7.63. The summed E-state index contributed by atoms with van der Waals surface area (Å²) in [5.41, 5.74) is 5.18. The fourth-order valence-electron chi connectivity index (χ4n) is 4.33. The van der Waals surface area contributed by atoms with Crippen molar-refractivity contribution >= 4 is 0 Å². The Labute approximate surface area is 173 Å². The Balaban J connectivity index is 1.77. The van der Waals surface area contributed by atoms with Crippen LogP contribution in [0.3, 0.4) is 0 Å². The van der Waals surface area contributed by atoms with Crippen LogP contribution in [0, 0.1) is 0 Å². The van der Waals surface area contributed by atoms with Crippen LogP contribution < -0.4 is 9.47 Å². The van der Waals surface area contributed by atoms with Gasteiger partial charge in [0.2, 0.25) is 0 Å². The van der Waals surface area contributed by atoms with E-state index in [0.717, 1.165) is 49.5 Å². The summed E-state index contributed by atoms with van der Waals surface area (Å²) in [7, 11) is 3.46. The Kier molecular flexibility index (Phi) is 5.91. The molecule has 0 radical (unpaired) electrons. The van der Waals surface area contributed by atoms with Crippen LogP contribution in [0.4, 0.5) is 0 Å². The Morgan fingerprint density at radius 3 is 2.45 bits per heavy atom. The topological polar surface area (TPSA) is 26.6 Å². The molecule has 0 aliphatic carbocycles. The summed E-state index contributed by atoms with van der Waals surface area (Å²) < 4.78 is 13.7. The average molecular weight is 391 g/mol. The van der Waals surface area contributed by atoms with Gasteiger partial charge < -0.3 is 14.0 Å². The maximum Gasteiger partial charge on any atom is 0.124 e. The van der Waals surface area contributed by atoms with Gasteiger partial charge in [0.05, 0.1) is 20.3 Å². The van der Waals surface area contributed by atoms with Gasteiger partial charge in [-0.25, -0.2) is 0 Å². The Morgan fingerprint density at radius 2 is 1.72 bits per heavy atom. The zero-order valence-corrected chi connectivity index (χ0v) is 17.6. The van der Waals surface area contributed by atoms with Gasteiger partial charge in [0.1, 0.15) is 11.5 Å². The van der Waals surface area contributed by atoms with Gasteiger partial charge >= 0.3 is 0 Å². The summed E-state index contributed by atoms with van der Waals surface area (Å²) in [4.78, 5) is 2.57. The van der Waals surface area contributed by atoms with E-state index in [1.54, 1.807) is 14.2 Å². The highest BCUT2D eigenvalue weighted by molar-refractivity contribution is 5.45. The second kappa shape index (κ2) is 8.75. The summed E-state index contributed by atoms with van der Waals surface area (Å²) >= 11 is 0. The summed E-state index contributed by atoms with van der Waals surface area (Å²) in [5, 5.41) is 0. The van der Waals surface area contributed by atoms with Gasteiger partial charge in [-0.2, -0.15) is 0 Å². The predicted molar refractivity (Wildman–Crippen MR) is 117 cm³/mol. The number of fused-ring (bicyclic) bond motifs is 1. The minimum atomic E-state index is 0.114. The highest BCUT2D eigenvalue weighted by Gasteiger charge is 2.30. The van der Waals surface area contributed by atoms with Crippen LogP contribution in [0.2, 0.25) is 0 Å². The van der Waals surface area contributed by atoms with Gasteiger partial charge in [0.25, 0.3) is 0 Å². The number of aryl methyl sites for hydroxylation is 2. The Hall–Kier alpha value is -2.72. The molecule has 4 heteroatoms. The van der Waals surface area contributed by atoms with Crippen molar-refractivity contribution < 1.29 is 9.47 Å². The van der Waals surface area contributed by atoms with E-state index in [1.807, 2.05) is 12.1 Å². The summed E-state index contributed by atoms with van der Waals surface area (Å²) in [6, 6.07) is 19.6. The molecule has 2 heterocycles. The van der Waals surface area contributed by atoms with Crippen LogP contribution in [0.25, 0.3) is 0 Å². The molecule has 1 unspecified atom stereocenters. The molecule has 3 aromatic rings. The predicted octanol–water partition coefficient (Wildman–Crippen LogP) is 5.06. The number of ether oxygens (including phenoxy) is 2. The van der Waals surface area contributed by atoms with Crippen molar-refractivity contribution in [1.82, 2.24) is 9.47 Å². The van der Waals surface area contributed by atoms with Crippen molar-refractivity contribution in [1.29, 1.82) is 0 Å². The molecule has 4 nitrogen and oxygen atoms in total. The third-order valence-corrected chi connectivity index (χ3v) is 5.90. The lowest BCUT2D eigenvalue weighted by Crippen LogP contribution is -2.29. The van der Waals surface area contributed by atoms with Gasteiger partial charge in [-0.1, -0.05) is 31.2 Å². The molecule has 1 aliphatic heterocycles. The molecule has 0 N–H and O–H groups in total. The van der Waals surface area contributed by atoms with E-state index in [-0.39, 0.29) is 6.04 Å². The third-order valence-electron chi connectivity index (χ3n) is 5.90. The highest BCUT2D eigenvalue weighted by Crippen LogP contribution is 2.39. The fourth-order valence-corrected chi connectivity index (χ4v) is 4.33. The maximum absolute atomic E-state index is 5.77. The SMILES string of the molecule is CCc1ccc(CN2CCCn3cccc3C2c2cc(OC)ccc2OC)cc1. The largest absolute Gasteiger partial charge is 0.497 e. The fraction of sp³-hybridized carbons (Fsp3) is 0.360. The smallest absolute Gasteiger partial charge is 0.124 e. The second-order valence-corrected chi connectivity index (χ2v) is 7.63. The molecule has 0 bridgehead atoms.